The molecule has 1 unspecified atom stereocenters. The van der Waals surface area contributed by atoms with Crippen molar-refractivity contribution in [2.24, 2.45) is 0 Å². The Morgan fingerprint density at radius 2 is 1.88 bits per heavy atom. The van der Waals surface area contributed by atoms with Crippen LogP contribution in [0, 0.1) is 19.7 Å². The average Bonchev–Trinajstić information content (AvgIpc) is 3.28. The quantitative estimate of drug-likeness (QED) is 0.348. The van der Waals surface area contributed by atoms with Crippen molar-refractivity contribution in [1.82, 2.24) is 4.98 Å². The molecular weight excluding hydrogens is 524 g/mol. The Kier molecular flexibility index (Phi) is 6.33. The molecule has 2 aromatic heterocycles. The molecule has 0 fully saturated rings. The van der Waals surface area contributed by atoms with Crippen LogP contribution in [-0.4, -0.2) is 39.5 Å². The molecule has 34 heavy (non-hydrogen) atoms. The lowest BCUT2D eigenvalue weighted by Gasteiger charge is -2.27. The lowest BCUT2D eigenvalue weighted by atomic mass is 10.1. The van der Waals surface area contributed by atoms with Gasteiger partial charge in [-0.2, -0.15) is 0 Å². The maximum Gasteiger partial charge on any atom is 0.355 e. The summed E-state index contributed by atoms with van der Waals surface area (Å²) in [5.41, 5.74) is 0.562. The van der Waals surface area contributed by atoms with Crippen LogP contribution in [0.3, 0.4) is 0 Å². The standard InChI is InChI=1S/C21H17FN2O6S4/c1-10-14-9-13(22)5-7-16(14)32-20(10)24(33(27)28)15-6-4-12(8-17(15)34(3,29)30)19-23-18(21(25)26)11(2)31-19/h4-9H,1-3H3,(H,25,26)(H,27,28)/p-1. The number of aromatic nitrogens is 1. The second-order valence-electron chi connectivity index (χ2n) is 7.37. The number of fused-ring (bicyclic) bond motifs is 1. The molecular formula is C21H16FN2O6S4-. The molecule has 0 amide bonds. The number of hydrogen-bond acceptors (Lipinski definition) is 8. The van der Waals surface area contributed by atoms with E-state index in [4.69, 9.17) is 0 Å². The van der Waals surface area contributed by atoms with E-state index in [1.165, 1.54) is 36.4 Å². The number of carbonyl (C=O) groups is 1. The van der Waals surface area contributed by atoms with E-state index in [1.807, 2.05) is 0 Å². The molecule has 2 heterocycles. The number of thiophene rings is 1. The maximum atomic E-state index is 13.8. The van der Waals surface area contributed by atoms with E-state index in [9.17, 15) is 31.5 Å². The van der Waals surface area contributed by atoms with Gasteiger partial charge in [-0.25, -0.2) is 22.6 Å². The van der Waals surface area contributed by atoms with Crippen molar-refractivity contribution < 1.29 is 31.5 Å². The van der Waals surface area contributed by atoms with Crippen LogP contribution in [0.2, 0.25) is 0 Å². The molecule has 13 heteroatoms. The lowest BCUT2D eigenvalue weighted by Crippen LogP contribution is -2.21. The molecule has 0 saturated heterocycles. The minimum absolute atomic E-state index is 0.110. The normalized spacial score (nSPS) is 12.7. The van der Waals surface area contributed by atoms with Crippen molar-refractivity contribution >= 4 is 70.5 Å². The highest BCUT2D eigenvalue weighted by molar-refractivity contribution is 7.91. The number of hydrogen-bond donors (Lipinski definition) is 1. The molecule has 178 valence electrons. The van der Waals surface area contributed by atoms with Crippen LogP contribution in [-0.2, 0) is 21.1 Å². The number of anilines is 2. The Morgan fingerprint density at radius 3 is 2.47 bits per heavy atom. The summed E-state index contributed by atoms with van der Waals surface area (Å²) in [6, 6.07) is 8.18. The predicted octanol–water partition coefficient (Wildman–Crippen LogP) is 4.81. The SMILES string of the molecule is Cc1sc(-c2ccc(N(c3sc4ccc(F)cc4c3C)S(=O)[O-])c(S(C)(=O)=O)c2)nc1C(=O)O. The highest BCUT2D eigenvalue weighted by Crippen LogP contribution is 2.44. The Bertz CT molecular complexity index is 1590. The number of nitrogens with zero attached hydrogens (tertiary/aromatic N) is 2. The fourth-order valence-electron chi connectivity index (χ4n) is 3.46. The fraction of sp³-hybridized carbons (Fsp3) is 0.143. The van der Waals surface area contributed by atoms with Crippen LogP contribution >= 0.6 is 22.7 Å². The first-order chi connectivity index (χ1) is 15.9. The van der Waals surface area contributed by atoms with Gasteiger partial charge in [0.05, 0.1) is 21.8 Å². The van der Waals surface area contributed by atoms with Crippen molar-refractivity contribution in [3.63, 3.8) is 0 Å². The maximum absolute atomic E-state index is 13.8. The van der Waals surface area contributed by atoms with Gasteiger partial charge in [-0.1, -0.05) is 0 Å². The first-order valence-corrected chi connectivity index (χ1v) is 14.1. The number of rotatable bonds is 6. The number of carboxylic acids is 1. The molecule has 8 nitrogen and oxygen atoms in total. The average molecular weight is 540 g/mol. The number of aryl methyl sites for hydroxylation is 2. The van der Waals surface area contributed by atoms with Crippen LogP contribution in [0.1, 0.15) is 20.9 Å². The summed E-state index contributed by atoms with van der Waals surface area (Å²) in [4.78, 5) is 15.6. The summed E-state index contributed by atoms with van der Waals surface area (Å²) < 4.78 is 65.3. The van der Waals surface area contributed by atoms with Gasteiger partial charge in [0.1, 0.15) is 15.8 Å². The first kappa shape index (κ1) is 24.4. The van der Waals surface area contributed by atoms with E-state index >= 15 is 0 Å². The van der Waals surface area contributed by atoms with Gasteiger partial charge in [0.25, 0.3) is 0 Å². The minimum atomic E-state index is -3.93. The topological polar surface area (TPSA) is 128 Å². The number of benzene rings is 2. The molecule has 1 atom stereocenters. The number of halogens is 1. The van der Waals surface area contributed by atoms with Gasteiger partial charge >= 0.3 is 5.97 Å². The molecule has 0 saturated carbocycles. The van der Waals surface area contributed by atoms with Gasteiger partial charge in [0.2, 0.25) is 0 Å². The van der Waals surface area contributed by atoms with Gasteiger partial charge in [-0.3, -0.25) is 8.51 Å². The van der Waals surface area contributed by atoms with E-state index in [2.05, 4.69) is 4.98 Å². The predicted molar refractivity (Wildman–Crippen MR) is 130 cm³/mol. The molecule has 0 radical (unpaired) electrons. The van der Waals surface area contributed by atoms with Gasteiger partial charge in [0, 0.05) is 26.8 Å². The Morgan fingerprint density at radius 1 is 1.18 bits per heavy atom. The summed E-state index contributed by atoms with van der Waals surface area (Å²) in [6.45, 7) is 3.22. The molecule has 0 aliphatic heterocycles. The third-order valence-electron chi connectivity index (χ3n) is 5.03. The van der Waals surface area contributed by atoms with E-state index in [0.717, 1.165) is 33.2 Å². The molecule has 4 rings (SSSR count). The summed E-state index contributed by atoms with van der Waals surface area (Å²) in [5.74, 6) is -1.68. The largest absolute Gasteiger partial charge is 0.755 e. The van der Waals surface area contributed by atoms with E-state index in [0.29, 0.717) is 26.1 Å². The smallest absolute Gasteiger partial charge is 0.355 e. The zero-order valence-corrected chi connectivity index (χ0v) is 21.1. The Balaban J connectivity index is 1.93. The third kappa shape index (κ3) is 4.36. The summed E-state index contributed by atoms with van der Waals surface area (Å²) >= 11 is -0.733. The fourth-order valence-corrected chi connectivity index (χ4v) is 7.30. The van der Waals surface area contributed by atoms with Crippen molar-refractivity contribution in [3.05, 3.63) is 58.3 Å². The van der Waals surface area contributed by atoms with Crippen LogP contribution < -0.4 is 4.31 Å². The number of thiazole rings is 1. The zero-order valence-electron chi connectivity index (χ0n) is 17.9. The number of aromatic carboxylic acids is 1. The summed E-state index contributed by atoms with van der Waals surface area (Å²) in [7, 11) is -3.93. The second-order valence-corrected chi connectivity index (χ2v) is 12.4. The summed E-state index contributed by atoms with van der Waals surface area (Å²) in [5, 5.41) is 10.3. The van der Waals surface area contributed by atoms with Gasteiger partial charge < -0.3 is 9.66 Å². The summed E-state index contributed by atoms with van der Waals surface area (Å²) in [6.07, 6.45) is 0.949. The van der Waals surface area contributed by atoms with Crippen LogP contribution in [0.5, 0.6) is 0 Å². The van der Waals surface area contributed by atoms with Crippen molar-refractivity contribution in [2.45, 2.75) is 18.7 Å². The molecule has 2 aromatic carbocycles. The molecule has 0 aliphatic carbocycles. The molecule has 4 aromatic rings. The Labute approximate surface area is 204 Å². The van der Waals surface area contributed by atoms with Gasteiger partial charge in [-0.05, 0) is 55.8 Å². The van der Waals surface area contributed by atoms with Gasteiger partial charge in [-0.15, -0.1) is 22.7 Å². The number of carboxylic acid groups (broad SMARTS) is 1. The monoisotopic (exact) mass is 539 g/mol. The van der Waals surface area contributed by atoms with Crippen molar-refractivity contribution in [3.8, 4) is 10.6 Å². The Hall–Kier alpha value is -2.71. The van der Waals surface area contributed by atoms with E-state index in [1.54, 1.807) is 13.8 Å². The third-order valence-corrected chi connectivity index (χ3v) is 9.23. The molecule has 0 bridgehead atoms. The van der Waals surface area contributed by atoms with Gasteiger partial charge in [0.15, 0.2) is 15.5 Å². The first-order valence-electron chi connectivity index (χ1n) is 9.52. The molecule has 0 spiro atoms. The van der Waals surface area contributed by atoms with Crippen LogP contribution in [0.25, 0.3) is 20.7 Å². The molecule has 1 N–H and O–H groups in total. The van der Waals surface area contributed by atoms with Crippen LogP contribution in [0.4, 0.5) is 15.1 Å². The van der Waals surface area contributed by atoms with E-state index in [-0.39, 0.29) is 26.3 Å². The van der Waals surface area contributed by atoms with Crippen molar-refractivity contribution in [2.75, 3.05) is 10.6 Å². The highest BCUT2D eigenvalue weighted by atomic mass is 32.2. The molecule has 0 aliphatic rings. The van der Waals surface area contributed by atoms with Crippen molar-refractivity contribution in [1.29, 1.82) is 0 Å². The lowest BCUT2D eigenvalue weighted by molar-refractivity contribution is 0.0690. The van der Waals surface area contributed by atoms with Crippen LogP contribution in [0.15, 0.2) is 41.3 Å². The highest BCUT2D eigenvalue weighted by Gasteiger charge is 2.26. The second kappa shape index (κ2) is 8.82. The zero-order chi connectivity index (χ0) is 24.9. The van der Waals surface area contributed by atoms with E-state index < -0.39 is 32.9 Å². The number of sulfone groups is 1. The minimum Gasteiger partial charge on any atom is -0.755 e.